The number of carbonyl (C=O) groups excluding carboxylic acids is 2. The number of rotatable bonds is 8. The third-order valence-electron chi connectivity index (χ3n) is 3.27. The molecular weight excluding hydrogens is 350 g/mol. The number of thioether (sulfide) groups is 1. The Kier molecular flexibility index (Phi) is 5.46. The van der Waals surface area contributed by atoms with Gasteiger partial charge in [-0.05, 0) is 19.3 Å². The van der Waals surface area contributed by atoms with Crippen LogP contribution in [0.25, 0.3) is 0 Å². The van der Waals surface area contributed by atoms with Crippen LogP contribution in [-0.4, -0.2) is 39.5 Å². The van der Waals surface area contributed by atoms with Crippen LogP contribution in [0.1, 0.15) is 48.4 Å². The number of aromatic nitrogens is 3. The van der Waals surface area contributed by atoms with E-state index in [0.29, 0.717) is 21.9 Å². The fourth-order valence-electron chi connectivity index (χ4n) is 1.88. The second kappa shape index (κ2) is 7.75. The fraction of sp³-hybridized carbons (Fsp3) is 0.500. The van der Waals surface area contributed by atoms with E-state index in [0.717, 1.165) is 25.0 Å². The molecular formula is C14H17N5O3S2. The van der Waals surface area contributed by atoms with Gasteiger partial charge in [0, 0.05) is 18.5 Å². The van der Waals surface area contributed by atoms with Gasteiger partial charge in [-0.3, -0.25) is 14.9 Å². The number of hydrogen-bond donors (Lipinski definition) is 2. The zero-order valence-electron chi connectivity index (χ0n) is 13.1. The molecule has 0 spiro atoms. The largest absolute Gasteiger partial charge is 0.360 e. The lowest BCUT2D eigenvalue weighted by molar-refractivity contribution is -0.118. The van der Waals surface area contributed by atoms with E-state index in [-0.39, 0.29) is 23.3 Å². The summed E-state index contributed by atoms with van der Waals surface area (Å²) in [6, 6.07) is 1.67. The van der Waals surface area contributed by atoms with Crippen molar-refractivity contribution in [3.05, 3.63) is 17.5 Å². The van der Waals surface area contributed by atoms with E-state index in [1.165, 1.54) is 23.1 Å². The maximum absolute atomic E-state index is 12.1. The van der Waals surface area contributed by atoms with Crippen LogP contribution in [0.4, 0.5) is 5.13 Å². The van der Waals surface area contributed by atoms with Crippen molar-refractivity contribution in [1.82, 2.24) is 20.7 Å². The van der Waals surface area contributed by atoms with Crippen LogP contribution in [0.2, 0.25) is 0 Å². The van der Waals surface area contributed by atoms with Gasteiger partial charge in [0.15, 0.2) is 10.0 Å². The van der Waals surface area contributed by atoms with E-state index >= 15 is 0 Å². The zero-order valence-corrected chi connectivity index (χ0v) is 14.7. The van der Waals surface area contributed by atoms with Crippen molar-refractivity contribution in [2.45, 2.75) is 36.4 Å². The lowest BCUT2D eigenvalue weighted by Crippen LogP contribution is -2.25. The maximum Gasteiger partial charge on any atom is 0.279 e. The average Bonchev–Trinajstić information content (AvgIpc) is 3.13. The van der Waals surface area contributed by atoms with E-state index in [4.69, 9.17) is 4.52 Å². The first-order valence-corrected chi connectivity index (χ1v) is 9.47. The molecule has 24 heavy (non-hydrogen) atoms. The Morgan fingerprint density at radius 1 is 1.42 bits per heavy atom. The first kappa shape index (κ1) is 16.9. The minimum absolute atomic E-state index is 0.0437. The third-order valence-corrected chi connectivity index (χ3v) is 5.24. The van der Waals surface area contributed by atoms with E-state index in [1.54, 1.807) is 6.07 Å². The third kappa shape index (κ3) is 4.54. The lowest BCUT2D eigenvalue weighted by Gasteiger charge is -2.00. The molecule has 3 rings (SSSR count). The molecule has 10 heteroatoms. The summed E-state index contributed by atoms with van der Waals surface area (Å²) < 4.78 is 5.78. The van der Waals surface area contributed by atoms with Crippen LogP contribution in [-0.2, 0) is 4.79 Å². The van der Waals surface area contributed by atoms with Crippen molar-refractivity contribution in [2.24, 2.45) is 0 Å². The summed E-state index contributed by atoms with van der Waals surface area (Å²) in [4.78, 5) is 23.6. The summed E-state index contributed by atoms with van der Waals surface area (Å²) in [5.41, 5.74) is 0.236. The summed E-state index contributed by atoms with van der Waals surface area (Å²) in [6.45, 7) is 2.66. The number of hydrogen-bond acceptors (Lipinski definition) is 8. The Balaban J connectivity index is 1.49. The van der Waals surface area contributed by atoms with Gasteiger partial charge < -0.3 is 9.84 Å². The molecule has 1 aliphatic carbocycles. The molecule has 0 bridgehead atoms. The van der Waals surface area contributed by atoms with Crippen molar-refractivity contribution in [2.75, 3.05) is 17.6 Å². The van der Waals surface area contributed by atoms with E-state index in [2.05, 4.69) is 26.0 Å². The molecule has 2 amide bonds. The van der Waals surface area contributed by atoms with E-state index in [1.807, 2.05) is 6.92 Å². The molecule has 0 atom stereocenters. The van der Waals surface area contributed by atoms with Gasteiger partial charge in [-0.2, -0.15) is 0 Å². The van der Waals surface area contributed by atoms with Crippen LogP contribution < -0.4 is 10.6 Å². The molecule has 8 nitrogen and oxygen atoms in total. The van der Waals surface area contributed by atoms with E-state index in [9.17, 15) is 9.59 Å². The summed E-state index contributed by atoms with van der Waals surface area (Å²) in [6.07, 6.45) is 3.06. The standard InChI is InChI=1S/C14H17N5O3S2/c1-2-5-15-11(20)7-23-14-18-17-13(24-14)16-12(21)9-6-10(22-19-9)8-3-4-8/h6,8H,2-5,7H2,1H3,(H,15,20)(H,16,17,21). The quantitative estimate of drug-likeness (QED) is 0.544. The highest BCUT2D eigenvalue weighted by Crippen LogP contribution is 2.40. The number of nitrogens with zero attached hydrogens (tertiary/aromatic N) is 3. The second-order valence-electron chi connectivity index (χ2n) is 5.35. The summed E-state index contributed by atoms with van der Waals surface area (Å²) >= 11 is 2.50. The summed E-state index contributed by atoms with van der Waals surface area (Å²) in [7, 11) is 0. The lowest BCUT2D eigenvalue weighted by atomic mass is 10.3. The number of amides is 2. The number of anilines is 1. The molecule has 0 saturated heterocycles. The summed E-state index contributed by atoms with van der Waals surface area (Å²) in [5, 5.41) is 17.4. The SMILES string of the molecule is CCCNC(=O)CSc1nnc(NC(=O)c2cc(C3CC3)on2)s1. The molecule has 0 aliphatic heterocycles. The second-order valence-corrected chi connectivity index (χ2v) is 7.55. The van der Waals surface area contributed by atoms with Gasteiger partial charge in [-0.15, -0.1) is 10.2 Å². The Hall–Kier alpha value is -1.94. The van der Waals surface area contributed by atoms with Gasteiger partial charge in [0.25, 0.3) is 5.91 Å². The van der Waals surface area contributed by atoms with Crippen LogP contribution >= 0.6 is 23.1 Å². The van der Waals surface area contributed by atoms with Gasteiger partial charge in [-0.1, -0.05) is 35.2 Å². The number of carbonyl (C=O) groups is 2. The zero-order chi connectivity index (χ0) is 16.9. The molecule has 2 aromatic heterocycles. The van der Waals surface area contributed by atoms with E-state index < -0.39 is 0 Å². The van der Waals surface area contributed by atoms with Gasteiger partial charge in [0.1, 0.15) is 5.76 Å². The smallest absolute Gasteiger partial charge is 0.279 e. The van der Waals surface area contributed by atoms with Crippen molar-refractivity contribution in [3.63, 3.8) is 0 Å². The molecule has 0 radical (unpaired) electrons. The molecule has 2 aromatic rings. The van der Waals surface area contributed by atoms with Crippen molar-refractivity contribution < 1.29 is 14.1 Å². The molecule has 1 aliphatic rings. The van der Waals surface area contributed by atoms with Crippen LogP contribution in [0, 0.1) is 0 Å². The Labute approximate surface area is 146 Å². The minimum atomic E-state index is -0.376. The molecule has 0 aromatic carbocycles. The maximum atomic E-state index is 12.1. The summed E-state index contributed by atoms with van der Waals surface area (Å²) in [5.74, 6) is 1.02. The highest BCUT2D eigenvalue weighted by Gasteiger charge is 2.29. The topological polar surface area (TPSA) is 110 Å². The Morgan fingerprint density at radius 3 is 3.00 bits per heavy atom. The van der Waals surface area contributed by atoms with Crippen molar-refractivity contribution >= 4 is 40.0 Å². The molecule has 1 fully saturated rings. The van der Waals surface area contributed by atoms with Crippen molar-refractivity contribution in [1.29, 1.82) is 0 Å². The first-order chi connectivity index (χ1) is 11.7. The van der Waals surface area contributed by atoms with Crippen LogP contribution in [0.15, 0.2) is 14.9 Å². The van der Waals surface area contributed by atoms with Gasteiger partial charge >= 0.3 is 0 Å². The highest BCUT2D eigenvalue weighted by atomic mass is 32.2. The van der Waals surface area contributed by atoms with Gasteiger partial charge in [0.2, 0.25) is 11.0 Å². The van der Waals surface area contributed by atoms with Gasteiger partial charge in [0.05, 0.1) is 5.75 Å². The Bertz CT molecular complexity index is 726. The molecule has 1 saturated carbocycles. The molecule has 0 unspecified atom stereocenters. The monoisotopic (exact) mass is 367 g/mol. The normalized spacial score (nSPS) is 13.7. The van der Waals surface area contributed by atoms with Crippen molar-refractivity contribution in [3.8, 4) is 0 Å². The number of nitrogens with one attached hydrogen (secondary N) is 2. The average molecular weight is 367 g/mol. The fourth-order valence-corrected chi connectivity index (χ4v) is 3.46. The highest BCUT2D eigenvalue weighted by molar-refractivity contribution is 8.01. The Morgan fingerprint density at radius 2 is 2.25 bits per heavy atom. The predicted octanol–water partition coefficient (Wildman–Crippen LogP) is 2.27. The molecule has 2 heterocycles. The van der Waals surface area contributed by atoms with Crippen LogP contribution in [0.5, 0.6) is 0 Å². The van der Waals surface area contributed by atoms with Crippen LogP contribution in [0.3, 0.4) is 0 Å². The van der Waals surface area contributed by atoms with Gasteiger partial charge in [-0.25, -0.2) is 0 Å². The first-order valence-electron chi connectivity index (χ1n) is 7.66. The molecule has 128 valence electrons. The molecule has 2 N–H and O–H groups in total. The minimum Gasteiger partial charge on any atom is -0.360 e. The predicted molar refractivity (Wildman–Crippen MR) is 90.4 cm³/mol.